The number of hydrogen-bond donors (Lipinski definition) is 1. The Morgan fingerprint density at radius 1 is 1.21 bits per heavy atom. The molecule has 0 aliphatic carbocycles. The van der Waals surface area contributed by atoms with Crippen molar-refractivity contribution < 1.29 is 9.05 Å². The van der Waals surface area contributed by atoms with E-state index in [2.05, 4.69) is 27.5 Å². The van der Waals surface area contributed by atoms with E-state index >= 15 is 0 Å². The van der Waals surface area contributed by atoms with Crippen LogP contribution in [0.4, 0.5) is 0 Å². The van der Waals surface area contributed by atoms with Crippen LogP contribution in [0.25, 0.3) is 0 Å². The fourth-order valence-electron chi connectivity index (χ4n) is 1.73. The number of nitrogens with zero attached hydrogens (tertiary/aromatic N) is 3. The summed E-state index contributed by atoms with van der Waals surface area (Å²) in [6.45, 7) is 5.87. The van der Waals surface area contributed by atoms with Gasteiger partial charge in [-0.1, -0.05) is 10.3 Å². The smallest absolute Gasteiger partial charge is 0.231 e. The SMILES string of the molecule is CNC(C)Cc1noc(Cc2c(C)noc2C)n1.Cl. The molecule has 19 heavy (non-hydrogen) atoms. The molecule has 2 rings (SSSR count). The minimum atomic E-state index is 0. The average Bonchev–Trinajstić information content (AvgIpc) is 2.91. The van der Waals surface area contributed by atoms with E-state index in [1.54, 1.807) is 0 Å². The summed E-state index contributed by atoms with van der Waals surface area (Å²) in [4.78, 5) is 4.37. The van der Waals surface area contributed by atoms with Gasteiger partial charge < -0.3 is 14.4 Å². The topological polar surface area (TPSA) is 77.0 Å². The maximum atomic E-state index is 5.24. The minimum absolute atomic E-state index is 0. The monoisotopic (exact) mass is 286 g/mol. The van der Waals surface area contributed by atoms with E-state index < -0.39 is 0 Å². The van der Waals surface area contributed by atoms with Gasteiger partial charge in [-0.05, 0) is 27.8 Å². The van der Waals surface area contributed by atoms with Crippen molar-refractivity contribution in [2.24, 2.45) is 0 Å². The predicted octanol–water partition coefficient (Wildman–Crippen LogP) is 1.84. The number of halogens is 1. The summed E-state index contributed by atoms with van der Waals surface area (Å²) < 4.78 is 10.3. The Hall–Kier alpha value is -1.40. The second-order valence-corrected chi connectivity index (χ2v) is 4.48. The van der Waals surface area contributed by atoms with Crippen molar-refractivity contribution in [2.45, 2.75) is 39.7 Å². The molecule has 0 aromatic carbocycles. The number of hydrogen-bond acceptors (Lipinski definition) is 6. The van der Waals surface area contributed by atoms with Crippen LogP contribution < -0.4 is 5.32 Å². The van der Waals surface area contributed by atoms with Crippen molar-refractivity contribution in [2.75, 3.05) is 7.05 Å². The van der Waals surface area contributed by atoms with Gasteiger partial charge in [0, 0.05) is 18.0 Å². The largest absolute Gasteiger partial charge is 0.361 e. The number of rotatable bonds is 5. The fourth-order valence-corrected chi connectivity index (χ4v) is 1.73. The molecule has 0 saturated carbocycles. The fraction of sp³-hybridized carbons (Fsp3) is 0.583. The Bertz CT molecular complexity index is 504. The number of aryl methyl sites for hydroxylation is 2. The summed E-state index contributed by atoms with van der Waals surface area (Å²) in [5.41, 5.74) is 1.89. The van der Waals surface area contributed by atoms with Gasteiger partial charge in [-0.15, -0.1) is 12.4 Å². The average molecular weight is 287 g/mol. The number of nitrogens with one attached hydrogen (secondary N) is 1. The summed E-state index contributed by atoms with van der Waals surface area (Å²) in [6, 6.07) is 0.328. The van der Waals surface area contributed by atoms with Gasteiger partial charge in [0.1, 0.15) is 5.76 Å². The highest BCUT2D eigenvalue weighted by molar-refractivity contribution is 5.85. The lowest BCUT2D eigenvalue weighted by molar-refractivity contribution is 0.374. The van der Waals surface area contributed by atoms with Crippen LogP contribution in [0.2, 0.25) is 0 Å². The second kappa shape index (κ2) is 6.68. The van der Waals surface area contributed by atoms with Crippen molar-refractivity contribution in [3.8, 4) is 0 Å². The van der Waals surface area contributed by atoms with Crippen LogP contribution in [-0.4, -0.2) is 28.4 Å². The highest BCUT2D eigenvalue weighted by Crippen LogP contribution is 2.16. The number of likely N-dealkylation sites (N-methyl/N-ethyl adjacent to an activating group) is 1. The molecule has 0 fully saturated rings. The van der Waals surface area contributed by atoms with E-state index in [0.29, 0.717) is 18.4 Å². The maximum absolute atomic E-state index is 5.24. The zero-order chi connectivity index (χ0) is 13.1. The van der Waals surface area contributed by atoms with Crippen molar-refractivity contribution in [3.63, 3.8) is 0 Å². The molecule has 7 heteroatoms. The lowest BCUT2D eigenvalue weighted by Crippen LogP contribution is -2.24. The summed E-state index contributed by atoms with van der Waals surface area (Å²) in [5.74, 6) is 2.12. The minimum Gasteiger partial charge on any atom is -0.361 e. The van der Waals surface area contributed by atoms with Gasteiger partial charge in [-0.2, -0.15) is 4.98 Å². The van der Waals surface area contributed by atoms with Crippen molar-refractivity contribution in [1.29, 1.82) is 0 Å². The molecule has 1 N–H and O–H groups in total. The van der Waals surface area contributed by atoms with Gasteiger partial charge in [0.05, 0.1) is 12.1 Å². The lowest BCUT2D eigenvalue weighted by atomic mass is 10.1. The van der Waals surface area contributed by atoms with Gasteiger partial charge in [-0.3, -0.25) is 0 Å². The van der Waals surface area contributed by atoms with Gasteiger partial charge in [0.25, 0.3) is 0 Å². The molecule has 6 nitrogen and oxygen atoms in total. The molecular formula is C12H19ClN4O2. The van der Waals surface area contributed by atoms with Gasteiger partial charge >= 0.3 is 0 Å². The van der Waals surface area contributed by atoms with E-state index in [9.17, 15) is 0 Å². The first kappa shape index (κ1) is 15.7. The first-order valence-corrected chi connectivity index (χ1v) is 6.00. The highest BCUT2D eigenvalue weighted by atomic mass is 35.5. The van der Waals surface area contributed by atoms with Gasteiger partial charge in [-0.25, -0.2) is 0 Å². The summed E-state index contributed by atoms with van der Waals surface area (Å²) in [7, 11) is 1.91. The molecule has 106 valence electrons. The number of aromatic nitrogens is 3. The van der Waals surface area contributed by atoms with Crippen LogP contribution in [0.1, 0.15) is 35.7 Å². The first-order valence-electron chi connectivity index (χ1n) is 6.00. The third kappa shape index (κ3) is 3.78. The van der Waals surface area contributed by atoms with Crippen LogP contribution in [0, 0.1) is 13.8 Å². The third-order valence-corrected chi connectivity index (χ3v) is 3.00. The molecule has 0 radical (unpaired) electrons. The van der Waals surface area contributed by atoms with Gasteiger partial charge in [0.15, 0.2) is 5.82 Å². The molecule has 2 heterocycles. The Morgan fingerprint density at radius 3 is 2.53 bits per heavy atom. The predicted molar refractivity (Wildman–Crippen MR) is 72.6 cm³/mol. The molecule has 0 saturated heterocycles. The third-order valence-electron chi connectivity index (χ3n) is 3.00. The Balaban J connectivity index is 0.00000180. The zero-order valence-corrected chi connectivity index (χ0v) is 12.4. The molecule has 0 aliphatic heterocycles. The van der Waals surface area contributed by atoms with E-state index in [-0.39, 0.29) is 12.4 Å². The molecule has 0 spiro atoms. The molecule has 1 unspecified atom stereocenters. The van der Waals surface area contributed by atoms with Crippen LogP contribution >= 0.6 is 12.4 Å². The molecule has 0 amide bonds. The molecular weight excluding hydrogens is 268 g/mol. The van der Waals surface area contributed by atoms with Crippen LogP contribution in [-0.2, 0) is 12.8 Å². The van der Waals surface area contributed by atoms with Crippen LogP contribution in [0.15, 0.2) is 9.05 Å². The Kier molecular flexibility index (Phi) is 5.50. The maximum Gasteiger partial charge on any atom is 0.231 e. The van der Waals surface area contributed by atoms with E-state index in [1.807, 2.05) is 20.9 Å². The Morgan fingerprint density at radius 2 is 1.95 bits per heavy atom. The standard InChI is InChI=1S/C12H18N4O2.ClH/c1-7(13-4)5-11-14-12(18-16-11)6-10-8(2)15-17-9(10)3;/h7,13H,5-6H2,1-4H3;1H. The normalized spacial score (nSPS) is 12.2. The second-order valence-electron chi connectivity index (χ2n) is 4.48. The van der Waals surface area contributed by atoms with Crippen LogP contribution in [0.5, 0.6) is 0 Å². The van der Waals surface area contributed by atoms with Crippen molar-refractivity contribution >= 4 is 12.4 Å². The molecule has 0 bridgehead atoms. The van der Waals surface area contributed by atoms with Crippen molar-refractivity contribution in [3.05, 3.63) is 28.7 Å². The molecule has 2 aromatic heterocycles. The molecule has 2 aromatic rings. The molecule has 1 atom stereocenters. The van der Waals surface area contributed by atoms with Gasteiger partial charge in [0.2, 0.25) is 5.89 Å². The van der Waals surface area contributed by atoms with E-state index in [1.165, 1.54) is 0 Å². The van der Waals surface area contributed by atoms with Crippen molar-refractivity contribution in [1.82, 2.24) is 20.6 Å². The summed E-state index contributed by atoms with van der Waals surface area (Å²) in [5, 5.41) is 11.0. The Labute approximate surface area is 118 Å². The van der Waals surface area contributed by atoms with Crippen LogP contribution in [0.3, 0.4) is 0 Å². The quantitative estimate of drug-likeness (QED) is 0.904. The molecule has 0 aliphatic rings. The first-order chi connectivity index (χ1) is 8.60. The highest BCUT2D eigenvalue weighted by Gasteiger charge is 2.15. The lowest BCUT2D eigenvalue weighted by Gasteiger charge is -2.04. The summed E-state index contributed by atoms with van der Waals surface area (Å²) in [6.07, 6.45) is 1.32. The van der Waals surface area contributed by atoms with E-state index in [0.717, 1.165) is 29.3 Å². The van der Waals surface area contributed by atoms with E-state index in [4.69, 9.17) is 9.05 Å². The zero-order valence-electron chi connectivity index (χ0n) is 11.6. The summed E-state index contributed by atoms with van der Waals surface area (Å²) >= 11 is 0.